The van der Waals surface area contributed by atoms with Gasteiger partial charge in [0.1, 0.15) is 5.82 Å². The Morgan fingerprint density at radius 1 is 1.03 bits per heavy atom. The van der Waals surface area contributed by atoms with Crippen molar-refractivity contribution in [3.8, 4) is 11.4 Å². The number of halogens is 1. The minimum absolute atomic E-state index is 0.351. The lowest BCUT2D eigenvalue weighted by molar-refractivity contribution is 0.628. The van der Waals surface area contributed by atoms with Gasteiger partial charge in [-0.15, -0.1) is 10.2 Å². The van der Waals surface area contributed by atoms with Gasteiger partial charge in [0, 0.05) is 33.4 Å². The summed E-state index contributed by atoms with van der Waals surface area (Å²) in [4.78, 5) is 28.7. The number of hydrogen-bond donors (Lipinski definition) is 0. The zero-order valence-electron chi connectivity index (χ0n) is 16.0. The molecule has 3 aromatic heterocycles. The molecule has 29 heavy (non-hydrogen) atoms. The summed E-state index contributed by atoms with van der Waals surface area (Å²) in [6, 6.07) is 6.42. The molecule has 0 N–H and O–H groups in total. The number of imidazole rings is 1. The highest BCUT2D eigenvalue weighted by atomic mass is 32.2. The molecule has 3 heterocycles. The van der Waals surface area contributed by atoms with Gasteiger partial charge in [0.25, 0.3) is 5.56 Å². The fourth-order valence-electron chi connectivity index (χ4n) is 3.12. The van der Waals surface area contributed by atoms with Crippen molar-refractivity contribution in [1.29, 1.82) is 0 Å². The maximum Gasteiger partial charge on any atom is 0.332 e. The molecule has 0 radical (unpaired) electrons. The number of nitrogens with zero attached hydrogens (tertiary/aromatic N) is 7. The highest BCUT2D eigenvalue weighted by Gasteiger charge is 2.16. The topological polar surface area (TPSA) is 92.5 Å². The van der Waals surface area contributed by atoms with E-state index in [9.17, 15) is 14.0 Å². The predicted octanol–water partition coefficient (Wildman–Crippen LogP) is 1.16. The highest BCUT2D eigenvalue weighted by Crippen LogP contribution is 2.24. The van der Waals surface area contributed by atoms with E-state index >= 15 is 0 Å². The van der Waals surface area contributed by atoms with Crippen molar-refractivity contribution in [2.24, 2.45) is 21.1 Å². The number of hydrogen-bond acceptors (Lipinski definition) is 6. The van der Waals surface area contributed by atoms with Crippen LogP contribution in [0.3, 0.4) is 0 Å². The molecule has 0 aliphatic rings. The fourth-order valence-corrected chi connectivity index (χ4v) is 3.97. The third-order valence-corrected chi connectivity index (χ3v) is 5.73. The van der Waals surface area contributed by atoms with Crippen LogP contribution in [0.2, 0.25) is 0 Å². The van der Waals surface area contributed by atoms with E-state index in [0.29, 0.717) is 40.0 Å². The van der Waals surface area contributed by atoms with Crippen LogP contribution < -0.4 is 11.2 Å². The predicted molar refractivity (Wildman–Crippen MR) is 107 cm³/mol. The van der Waals surface area contributed by atoms with Crippen molar-refractivity contribution >= 4 is 22.9 Å². The summed E-state index contributed by atoms with van der Waals surface area (Å²) in [5, 5.41) is 8.88. The lowest BCUT2D eigenvalue weighted by atomic mass is 10.2. The summed E-state index contributed by atoms with van der Waals surface area (Å²) in [6.07, 6.45) is 1.55. The van der Waals surface area contributed by atoms with Gasteiger partial charge in [-0.3, -0.25) is 13.9 Å². The molecule has 11 heteroatoms. The van der Waals surface area contributed by atoms with E-state index in [1.54, 1.807) is 47.8 Å². The number of aromatic nitrogens is 7. The number of thioether (sulfide) groups is 1. The van der Waals surface area contributed by atoms with Gasteiger partial charge in [-0.1, -0.05) is 23.9 Å². The van der Waals surface area contributed by atoms with Crippen LogP contribution in [0.1, 0.15) is 0 Å². The number of aryl methyl sites for hydroxylation is 2. The van der Waals surface area contributed by atoms with E-state index in [4.69, 9.17) is 0 Å². The average Bonchev–Trinajstić information content (AvgIpc) is 3.29. The molecule has 0 bridgehead atoms. The third-order valence-electron chi connectivity index (χ3n) is 4.73. The van der Waals surface area contributed by atoms with E-state index in [2.05, 4.69) is 15.2 Å². The maximum atomic E-state index is 14.0. The molecule has 150 valence electrons. The Balaban J connectivity index is 1.56. The Hall–Kier alpha value is -3.21. The fraction of sp³-hybridized carbons (Fsp3) is 0.278. The third kappa shape index (κ3) is 3.16. The lowest BCUT2D eigenvalue weighted by Gasteiger charge is -2.07. The van der Waals surface area contributed by atoms with Crippen molar-refractivity contribution in [3.05, 3.63) is 57.2 Å². The molecule has 1 aromatic carbocycles. The van der Waals surface area contributed by atoms with Gasteiger partial charge in [-0.05, 0) is 12.1 Å². The van der Waals surface area contributed by atoms with Gasteiger partial charge >= 0.3 is 5.69 Å². The number of fused-ring (bicyclic) bond motifs is 1. The first-order chi connectivity index (χ1) is 13.9. The molecule has 0 saturated heterocycles. The SMILES string of the molecule is Cn1c(SCCn2cnc3c2c(=O)n(C)c(=O)n3C)nnc1-c1ccccc1F. The minimum Gasteiger partial charge on any atom is -0.324 e. The monoisotopic (exact) mass is 415 g/mol. The van der Waals surface area contributed by atoms with Crippen LogP contribution in [0.5, 0.6) is 0 Å². The van der Waals surface area contributed by atoms with Crippen molar-refractivity contribution in [2.75, 3.05) is 5.75 Å². The molecule has 4 rings (SSSR count). The maximum absolute atomic E-state index is 14.0. The van der Waals surface area contributed by atoms with Crippen LogP contribution in [-0.4, -0.2) is 39.2 Å². The van der Waals surface area contributed by atoms with Gasteiger partial charge in [0.05, 0.1) is 11.9 Å². The Morgan fingerprint density at radius 2 is 1.79 bits per heavy atom. The van der Waals surface area contributed by atoms with E-state index in [-0.39, 0.29) is 11.4 Å². The zero-order valence-corrected chi connectivity index (χ0v) is 16.9. The van der Waals surface area contributed by atoms with Gasteiger partial charge in [0.15, 0.2) is 22.1 Å². The Labute approximate surface area is 168 Å². The summed E-state index contributed by atoms with van der Waals surface area (Å²) < 4.78 is 19.9. The van der Waals surface area contributed by atoms with Crippen LogP contribution in [0, 0.1) is 5.82 Å². The van der Waals surface area contributed by atoms with E-state index in [1.807, 2.05) is 0 Å². The largest absolute Gasteiger partial charge is 0.332 e. The first-order valence-electron chi connectivity index (χ1n) is 8.78. The summed E-state index contributed by atoms with van der Waals surface area (Å²) in [7, 11) is 4.81. The minimum atomic E-state index is -0.415. The molecule has 9 nitrogen and oxygen atoms in total. The molecule has 0 atom stereocenters. The summed E-state index contributed by atoms with van der Waals surface area (Å²) >= 11 is 1.43. The second-order valence-corrected chi connectivity index (χ2v) is 7.57. The standard InChI is InChI=1S/C18H18FN7O2S/c1-23-14(11-6-4-5-7-12(11)19)21-22-17(23)29-9-8-26-10-20-15-13(26)16(27)25(3)18(28)24(15)2/h4-7,10H,8-9H2,1-3H3. The summed E-state index contributed by atoms with van der Waals surface area (Å²) in [5.74, 6) is 0.675. The second-order valence-electron chi connectivity index (χ2n) is 6.51. The van der Waals surface area contributed by atoms with E-state index < -0.39 is 5.69 Å². The van der Waals surface area contributed by atoms with Gasteiger partial charge < -0.3 is 9.13 Å². The van der Waals surface area contributed by atoms with E-state index in [1.165, 1.54) is 29.4 Å². The van der Waals surface area contributed by atoms with Crippen LogP contribution in [-0.2, 0) is 27.7 Å². The smallest absolute Gasteiger partial charge is 0.324 e. The van der Waals surface area contributed by atoms with Gasteiger partial charge in [0.2, 0.25) is 0 Å². The average molecular weight is 415 g/mol. The van der Waals surface area contributed by atoms with Crippen LogP contribution in [0.4, 0.5) is 4.39 Å². The van der Waals surface area contributed by atoms with Crippen molar-refractivity contribution < 1.29 is 4.39 Å². The molecule has 4 aromatic rings. The Bertz CT molecular complexity index is 1330. The number of rotatable bonds is 5. The van der Waals surface area contributed by atoms with Crippen LogP contribution in [0.25, 0.3) is 22.6 Å². The Kier molecular flexibility index (Phi) is 4.82. The molecular formula is C18H18FN7O2S. The molecule has 0 aliphatic heterocycles. The first-order valence-corrected chi connectivity index (χ1v) is 9.76. The highest BCUT2D eigenvalue weighted by molar-refractivity contribution is 7.99. The normalized spacial score (nSPS) is 11.4. The van der Waals surface area contributed by atoms with Crippen molar-refractivity contribution in [1.82, 2.24) is 33.4 Å². The van der Waals surface area contributed by atoms with E-state index in [0.717, 1.165) is 4.57 Å². The first kappa shape index (κ1) is 19.1. The Morgan fingerprint density at radius 3 is 2.55 bits per heavy atom. The zero-order chi connectivity index (χ0) is 20.7. The summed E-state index contributed by atoms with van der Waals surface area (Å²) in [6.45, 7) is 0.483. The molecule has 0 saturated carbocycles. The van der Waals surface area contributed by atoms with Gasteiger partial charge in [-0.2, -0.15) is 0 Å². The molecule has 0 unspecified atom stereocenters. The van der Waals surface area contributed by atoms with Crippen molar-refractivity contribution in [2.45, 2.75) is 11.7 Å². The van der Waals surface area contributed by atoms with Gasteiger partial charge in [-0.25, -0.2) is 14.2 Å². The van der Waals surface area contributed by atoms with Crippen LogP contribution >= 0.6 is 11.8 Å². The molecular weight excluding hydrogens is 397 g/mol. The van der Waals surface area contributed by atoms with Crippen molar-refractivity contribution in [3.63, 3.8) is 0 Å². The molecule has 0 fully saturated rings. The lowest BCUT2D eigenvalue weighted by Crippen LogP contribution is -2.37. The summed E-state index contributed by atoms with van der Waals surface area (Å²) in [5.41, 5.74) is 0.316. The molecule has 0 aliphatic carbocycles. The van der Waals surface area contributed by atoms with Crippen LogP contribution in [0.15, 0.2) is 45.3 Å². The molecule has 0 amide bonds. The number of benzene rings is 1. The molecule has 0 spiro atoms. The quantitative estimate of drug-likeness (QED) is 0.454. The second kappa shape index (κ2) is 7.32.